The van der Waals surface area contributed by atoms with E-state index in [2.05, 4.69) is 0 Å². The molecule has 0 bridgehead atoms. The Labute approximate surface area is 137 Å². The van der Waals surface area contributed by atoms with Crippen molar-refractivity contribution in [3.05, 3.63) is 0 Å². The van der Waals surface area contributed by atoms with Gasteiger partial charge in [-0.15, -0.1) is 0 Å². The highest BCUT2D eigenvalue weighted by Crippen LogP contribution is 2.40. The Bertz CT molecular complexity index is 581. The zero-order valence-corrected chi connectivity index (χ0v) is 14.5. The molecule has 1 aliphatic carbocycles. The molecule has 1 heterocycles. The highest BCUT2D eigenvalue weighted by molar-refractivity contribution is 7.89. The normalized spacial score (nSPS) is 28.4. The quantitative estimate of drug-likeness (QED) is 0.751. The van der Waals surface area contributed by atoms with E-state index in [1.165, 1.54) is 11.4 Å². The molecule has 0 amide bonds. The predicted molar refractivity (Wildman–Crippen MR) is 83.3 cm³/mol. The van der Waals surface area contributed by atoms with Crippen LogP contribution in [0.2, 0.25) is 0 Å². The molecule has 0 aromatic rings. The first-order valence-corrected chi connectivity index (χ1v) is 9.56. The fourth-order valence-electron chi connectivity index (χ4n) is 3.62. The standard InChI is InChI=1S/C15H25NO6S/c1-14(12(17)18)8-9-16(10-14)23(20,21)11-15(13(19)22-2)6-4-3-5-7-15/h3-11H2,1-2H3,(H,17,18). The Kier molecular flexibility index (Phi) is 5.06. The van der Waals surface area contributed by atoms with Crippen molar-refractivity contribution >= 4 is 22.0 Å². The molecule has 0 aromatic carbocycles. The van der Waals surface area contributed by atoms with Crippen molar-refractivity contribution in [1.29, 1.82) is 0 Å². The Morgan fingerprint density at radius 1 is 1.17 bits per heavy atom. The first-order valence-electron chi connectivity index (χ1n) is 7.95. The summed E-state index contributed by atoms with van der Waals surface area (Å²) in [4.78, 5) is 23.5. The van der Waals surface area contributed by atoms with E-state index in [9.17, 15) is 23.1 Å². The lowest BCUT2D eigenvalue weighted by Crippen LogP contribution is -2.45. The topological polar surface area (TPSA) is 101 Å². The van der Waals surface area contributed by atoms with Gasteiger partial charge in [-0.05, 0) is 26.2 Å². The lowest BCUT2D eigenvalue weighted by Gasteiger charge is -2.35. The van der Waals surface area contributed by atoms with E-state index >= 15 is 0 Å². The molecule has 1 saturated heterocycles. The molecule has 132 valence electrons. The SMILES string of the molecule is COC(=O)C1(CS(=O)(=O)N2CCC(C)(C(=O)O)C2)CCCCC1. The summed E-state index contributed by atoms with van der Waals surface area (Å²) in [5, 5.41) is 9.26. The number of hydrogen-bond donors (Lipinski definition) is 1. The van der Waals surface area contributed by atoms with Gasteiger partial charge in [0.25, 0.3) is 0 Å². The number of esters is 1. The summed E-state index contributed by atoms with van der Waals surface area (Å²) in [6, 6.07) is 0. The minimum absolute atomic E-state index is 0.0398. The summed E-state index contributed by atoms with van der Waals surface area (Å²) >= 11 is 0. The van der Waals surface area contributed by atoms with E-state index in [0.717, 1.165) is 19.3 Å². The van der Waals surface area contributed by atoms with Gasteiger partial charge >= 0.3 is 11.9 Å². The number of methoxy groups -OCH3 is 1. The summed E-state index contributed by atoms with van der Waals surface area (Å²) in [6.07, 6.45) is 3.88. The maximum atomic E-state index is 12.8. The monoisotopic (exact) mass is 347 g/mol. The fourth-order valence-corrected chi connectivity index (χ4v) is 5.76. The largest absolute Gasteiger partial charge is 0.481 e. The molecule has 2 rings (SSSR count). The van der Waals surface area contributed by atoms with E-state index in [0.29, 0.717) is 12.8 Å². The first kappa shape index (κ1) is 18.2. The third kappa shape index (κ3) is 3.52. The van der Waals surface area contributed by atoms with Crippen LogP contribution < -0.4 is 0 Å². The van der Waals surface area contributed by atoms with Crippen molar-refractivity contribution in [2.24, 2.45) is 10.8 Å². The van der Waals surface area contributed by atoms with Gasteiger partial charge in [0.15, 0.2) is 0 Å². The Balaban J connectivity index is 2.19. The van der Waals surface area contributed by atoms with Gasteiger partial charge in [-0.25, -0.2) is 12.7 Å². The average Bonchev–Trinajstić information content (AvgIpc) is 2.92. The Hall–Kier alpha value is -1.15. The first-order chi connectivity index (χ1) is 10.7. The summed E-state index contributed by atoms with van der Waals surface area (Å²) in [5.74, 6) is -1.75. The van der Waals surface area contributed by atoms with Gasteiger partial charge in [0.05, 0.1) is 23.7 Å². The number of carbonyl (C=O) groups is 2. The van der Waals surface area contributed by atoms with Crippen LogP contribution in [0.1, 0.15) is 45.4 Å². The molecule has 0 aromatic heterocycles. The minimum atomic E-state index is -3.71. The summed E-state index contributed by atoms with van der Waals surface area (Å²) in [5.41, 5.74) is -2.05. The molecule has 2 fully saturated rings. The lowest BCUT2D eigenvalue weighted by molar-refractivity contribution is -0.153. The summed E-state index contributed by atoms with van der Waals surface area (Å²) in [7, 11) is -2.43. The predicted octanol–water partition coefficient (Wildman–Crippen LogP) is 1.24. The van der Waals surface area contributed by atoms with Crippen molar-refractivity contribution in [3.8, 4) is 0 Å². The lowest BCUT2D eigenvalue weighted by atomic mass is 9.75. The van der Waals surface area contributed by atoms with Gasteiger partial charge in [-0.3, -0.25) is 9.59 Å². The number of nitrogens with zero attached hydrogens (tertiary/aromatic N) is 1. The summed E-state index contributed by atoms with van der Waals surface area (Å²) < 4.78 is 31.6. The second-order valence-corrected chi connectivity index (χ2v) is 9.01. The van der Waals surface area contributed by atoms with Crippen molar-refractivity contribution < 1.29 is 27.9 Å². The Morgan fingerprint density at radius 2 is 1.78 bits per heavy atom. The van der Waals surface area contributed by atoms with Gasteiger partial charge in [-0.2, -0.15) is 0 Å². The molecule has 1 N–H and O–H groups in total. The average molecular weight is 347 g/mol. The molecule has 8 heteroatoms. The second-order valence-electron chi connectivity index (χ2n) is 7.04. The number of aliphatic carboxylic acids is 1. The number of carboxylic acid groups (broad SMARTS) is 1. The Morgan fingerprint density at radius 3 is 2.26 bits per heavy atom. The zero-order valence-electron chi connectivity index (χ0n) is 13.7. The molecule has 1 unspecified atom stereocenters. The van der Waals surface area contributed by atoms with Gasteiger partial charge in [0.2, 0.25) is 10.0 Å². The number of carbonyl (C=O) groups excluding carboxylic acids is 1. The van der Waals surface area contributed by atoms with Crippen LogP contribution in [0.5, 0.6) is 0 Å². The maximum absolute atomic E-state index is 12.8. The van der Waals surface area contributed by atoms with Gasteiger partial charge in [0.1, 0.15) is 0 Å². The van der Waals surface area contributed by atoms with Crippen LogP contribution in [0.4, 0.5) is 0 Å². The molecule has 2 aliphatic rings. The van der Waals surface area contributed by atoms with Crippen LogP contribution in [-0.4, -0.2) is 55.7 Å². The number of rotatable bonds is 5. The van der Waals surface area contributed by atoms with Crippen LogP contribution >= 0.6 is 0 Å². The van der Waals surface area contributed by atoms with Crippen LogP contribution in [0.15, 0.2) is 0 Å². The number of hydrogen-bond acceptors (Lipinski definition) is 5. The smallest absolute Gasteiger partial charge is 0.312 e. The van der Waals surface area contributed by atoms with Gasteiger partial charge in [0, 0.05) is 13.1 Å². The van der Waals surface area contributed by atoms with Crippen molar-refractivity contribution in [2.75, 3.05) is 26.0 Å². The van der Waals surface area contributed by atoms with Crippen LogP contribution in [0, 0.1) is 10.8 Å². The van der Waals surface area contributed by atoms with Gasteiger partial charge < -0.3 is 9.84 Å². The van der Waals surface area contributed by atoms with Crippen LogP contribution in [0.3, 0.4) is 0 Å². The number of ether oxygens (including phenoxy) is 1. The molecular weight excluding hydrogens is 322 g/mol. The van der Waals surface area contributed by atoms with Crippen molar-refractivity contribution in [1.82, 2.24) is 4.31 Å². The molecule has 1 aliphatic heterocycles. The van der Waals surface area contributed by atoms with E-state index in [1.807, 2.05) is 0 Å². The van der Waals surface area contributed by atoms with Crippen LogP contribution in [0.25, 0.3) is 0 Å². The molecule has 23 heavy (non-hydrogen) atoms. The highest BCUT2D eigenvalue weighted by Gasteiger charge is 2.49. The molecule has 0 radical (unpaired) electrons. The maximum Gasteiger partial charge on any atom is 0.312 e. The molecule has 1 saturated carbocycles. The van der Waals surface area contributed by atoms with Crippen molar-refractivity contribution in [2.45, 2.75) is 45.4 Å². The molecule has 1 atom stereocenters. The molecule has 0 spiro atoms. The van der Waals surface area contributed by atoms with E-state index in [1.54, 1.807) is 6.92 Å². The van der Waals surface area contributed by atoms with Gasteiger partial charge in [-0.1, -0.05) is 19.3 Å². The van der Waals surface area contributed by atoms with E-state index < -0.39 is 32.8 Å². The molecule has 7 nitrogen and oxygen atoms in total. The molecular formula is C15H25NO6S. The summed E-state index contributed by atoms with van der Waals surface area (Å²) in [6.45, 7) is 1.70. The second kappa shape index (κ2) is 6.39. The fraction of sp³-hybridized carbons (Fsp3) is 0.867. The number of carboxylic acids is 1. The zero-order chi connectivity index (χ0) is 17.3. The van der Waals surface area contributed by atoms with E-state index in [-0.39, 0.29) is 25.3 Å². The van der Waals surface area contributed by atoms with E-state index in [4.69, 9.17) is 4.74 Å². The minimum Gasteiger partial charge on any atom is -0.481 e. The third-order valence-corrected chi connectivity index (χ3v) is 7.25. The third-order valence-electron chi connectivity index (χ3n) is 5.24. The number of sulfonamides is 1. The van der Waals surface area contributed by atoms with Crippen LogP contribution in [-0.2, 0) is 24.3 Å². The van der Waals surface area contributed by atoms with Crippen molar-refractivity contribution in [3.63, 3.8) is 0 Å². The highest BCUT2D eigenvalue weighted by atomic mass is 32.2.